The summed E-state index contributed by atoms with van der Waals surface area (Å²) in [7, 11) is 0. The Balaban J connectivity index is 2.47. The van der Waals surface area contributed by atoms with Crippen molar-refractivity contribution in [2.24, 2.45) is 0 Å². The quantitative estimate of drug-likeness (QED) is 0.792. The number of hydrogen-bond donors (Lipinski definition) is 1. The van der Waals surface area contributed by atoms with Gasteiger partial charge in [0.2, 0.25) is 0 Å². The van der Waals surface area contributed by atoms with Crippen LogP contribution < -0.4 is 5.73 Å². The number of nitrogens with zero attached hydrogens (tertiary/aromatic N) is 1. The molecule has 1 aromatic carbocycles. The maximum atomic E-state index is 13.4. The third-order valence-electron chi connectivity index (χ3n) is 2.48. The van der Waals surface area contributed by atoms with Crippen LogP contribution in [0.25, 0.3) is 11.1 Å². The van der Waals surface area contributed by atoms with E-state index in [-0.39, 0.29) is 5.82 Å². The monoisotopic (exact) mass is 334 g/mol. The van der Waals surface area contributed by atoms with E-state index >= 15 is 0 Å². The van der Waals surface area contributed by atoms with Gasteiger partial charge in [-0.1, -0.05) is 6.07 Å². The van der Waals surface area contributed by atoms with Crippen LogP contribution in [0.4, 0.5) is 23.4 Å². The minimum atomic E-state index is -4.71. The molecule has 0 fully saturated rings. The Morgan fingerprint density at radius 1 is 1.11 bits per heavy atom. The van der Waals surface area contributed by atoms with E-state index in [2.05, 4.69) is 20.9 Å². The molecule has 0 aliphatic rings. The summed E-state index contributed by atoms with van der Waals surface area (Å²) in [5.41, 5.74) is 4.96. The lowest BCUT2D eigenvalue weighted by molar-refractivity contribution is -0.139. The van der Waals surface area contributed by atoms with Gasteiger partial charge in [0.05, 0.1) is 10.0 Å². The minimum Gasteiger partial charge on any atom is -0.383 e. The fourth-order valence-corrected chi connectivity index (χ4v) is 1.88. The second-order valence-corrected chi connectivity index (χ2v) is 4.64. The highest BCUT2D eigenvalue weighted by molar-refractivity contribution is 9.10. The van der Waals surface area contributed by atoms with E-state index in [1.165, 1.54) is 12.3 Å². The molecule has 0 aliphatic heterocycles. The molecule has 0 unspecified atom stereocenters. The number of anilines is 1. The Kier molecular flexibility index (Phi) is 3.49. The molecule has 19 heavy (non-hydrogen) atoms. The Labute approximate surface area is 114 Å². The first-order chi connectivity index (χ1) is 8.79. The van der Waals surface area contributed by atoms with E-state index in [0.717, 1.165) is 6.07 Å². The smallest absolute Gasteiger partial charge is 0.383 e. The number of alkyl halides is 3. The van der Waals surface area contributed by atoms with Crippen molar-refractivity contribution in [2.75, 3.05) is 5.73 Å². The lowest BCUT2D eigenvalue weighted by Gasteiger charge is -2.10. The van der Waals surface area contributed by atoms with E-state index in [4.69, 9.17) is 5.73 Å². The number of rotatable bonds is 1. The first-order valence-electron chi connectivity index (χ1n) is 5.07. The van der Waals surface area contributed by atoms with Crippen LogP contribution in [0.15, 0.2) is 34.9 Å². The molecule has 1 aromatic heterocycles. The molecule has 100 valence electrons. The molecule has 0 spiro atoms. The summed E-state index contributed by atoms with van der Waals surface area (Å²) in [4.78, 5) is 3.84. The summed E-state index contributed by atoms with van der Waals surface area (Å²) in [6.45, 7) is 0. The van der Waals surface area contributed by atoms with Crippen LogP contribution >= 0.6 is 15.9 Å². The van der Waals surface area contributed by atoms with Crippen LogP contribution in [0.2, 0.25) is 0 Å². The number of halogens is 5. The molecule has 0 saturated carbocycles. The van der Waals surface area contributed by atoms with Gasteiger partial charge < -0.3 is 5.73 Å². The number of aromatic nitrogens is 1. The number of nitrogens with two attached hydrogens (primary N) is 1. The number of benzene rings is 1. The van der Waals surface area contributed by atoms with Crippen LogP contribution in [0.5, 0.6) is 0 Å². The van der Waals surface area contributed by atoms with Gasteiger partial charge in [-0.3, -0.25) is 0 Å². The topological polar surface area (TPSA) is 38.9 Å². The van der Waals surface area contributed by atoms with Crippen molar-refractivity contribution < 1.29 is 17.6 Å². The zero-order valence-electron chi connectivity index (χ0n) is 9.30. The normalized spacial score (nSPS) is 11.6. The highest BCUT2D eigenvalue weighted by Gasteiger charge is 2.33. The van der Waals surface area contributed by atoms with E-state index in [9.17, 15) is 17.6 Å². The van der Waals surface area contributed by atoms with Gasteiger partial charge in [-0.2, -0.15) is 13.2 Å². The van der Waals surface area contributed by atoms with Crippen LogP contribution in [0.3, 0.4) is 0 Å². The lowest BCUT2D eigenvalue weighted by Crippen LogP contribution is -2.07. The average Bonchev–Trinajstić information content (AvgIpc) is 2.31. The van der Waals surface area contributed by atoms with Crippen LogP contribution in [-0.2, 0) is 6.18 Å². The van der Waals surface area contributed by atoms with Gasteiger partial charge in [0, 0.05) is 11.8 Å². The zero-order valence-corrected chi connectivity index (χ0v) is 10.9. The molecule has 2 aromatic rings. The number of pyridine rings is 1. The second-order valence-electron chi connectivity index (χ2n) is 3.78. The van der Waals surface area contributed by atoms with E-state index in [0.29, 0.717) is 21.7 Å². The molecule has 2 N–H and O–H groups in total. The predicted octanol–water partition coefficient (Wildman–Crippen LogP) is 4.25. The van der Waals surface area contributed by atoms with Crippen molar-refractivity contribution in [3.8, 4) is 11.1 Å². The van der Waals surface area contributed by atoms with Gasteiger partial charge in [0.1, 0.15) is 11.6 Å². The molecule has 0 radical (unpaired) electrons. The largest absolute Gasteiger partial charge is 0.419 e. The molecule has 0 bridgehead atoms. The molecule has 0 saturated heterocycles. The summed E-state index contributed by atoms with van der Waals surface area (Å²) < 4.78 is 51.2. The Bertz CT molecular complexity index is 626. The third kappa shape index (κ3) is 2.86. The average molecular weight is 335 g/mol. The molecule has 7 heteroatoms. The highest BCUT2D eigenvalue weighted by Crippen LogP contribution is 2.34. The van der Waals surface area contributed by atoms with E-state index < -0.39 is 17.6 Å². The maximum absolute atomic E-state index is 13.4. The zero-order chi connectivity index (χ0) is 14.2. The molecule has 0 atom stereocenters. The van der Waals surface area contributed by atoms with E-state index in [1.54, 1.807) is 6.07 Å². The van der Waals surface area contributed by atoms with Crippen molar-refractivity contribution in [1.29, 1.82) is 0 Å². The lowest BCUT2D eigenvalue weighted by atomic mass is 10.0. The molecule has 1 heterocycles. The molecule has 0 amide bonds. The maximum Gasteiger partial charge on any atom is 0.419 e. The first-order valence-corrected chi connectivity index (χ1v) is 5.86. The number of nitrogen functional groups attached to an aromatic ring is 1. The minimum absolute atomic E-state index is 0.246. The second kappa shape index (κ2) is 4.80. The molecule has 2 nitrogen and oxygen atoms in total. The van der Waals surface area contributed by atoms with E-state index in [1.807, 2.05) is 0 Å². The first kappa shape index (κ1) is 13.8. The summed E-state index contributed by atoms with van der Waals surface area (Å²) in [5, 5.41) is 0. The standard InChI is InChI=1S/C12H7BrF4N2/c13-9-3-7(5-19-11(9)18)6-1-2-8(10(14)4-6)12(15,16)17/h1-5H,(H2,18,19). The van der Waals surface area contributed by atoms with Gasteiger partial charge in [0.15, 0.2) is 0 Å². The number of hydrogen-bond acceptors (Lipinski definition) is 2. The predicted molar refractivity (Wildman–Crippen MR) is 66.7 cm³/mol. The van der Waals surface area contributed by atoms with Crippen molar-refractivity contribution in [1.82, 2.24) is 4.98 Å². The van der Waals surface area contributed by atoms with Crippen LogP contribution in [0.1, 0.15) is 5.56 Å². The highest BCUT2D eigenvalue weighted by atomic mass is 79.9. The van der Waals surface area contributed by atoms with Crippen LogP contribution in [-0.4, -0.2) is 4.98 Å². The summed E-state index contributed by atoms with van der Waals surface area (Å²) in [6, 6.07) is 4.27. The molecule has 2 rings (SSSR count). The van der Waals surface area contributed by atoms with Crippen LogP contribution in [0, 0.1) is 5.82 Å². The molecule has 0 aliphatic carbocycles. The Morgan fingerprint density at radius 2 is 1.79 bits per heavy atom. The van der Waals surface area contributed by atoms with Crippen molar-refractivity contribution in [2.45, 2.75) is 6.18 Å². The fraction of sp³-hybridized carbons (Fsp3) is 0.0833. The third-order valence-corrected chi connectivity index (χ3v) is 3.11. The Hall–Kier alpha value is -1.63. The Morgan fingerprint density at radius 3 is 2.32 bits per heavy atom. The fourth-order valence-electron chi connectivity index (χ4n) is 1.53. The summed E-state index contributed by atoms with van der Waals surface area (Å²) in [6.07, 6.45) is -3.34. The summed E-state index contributed by atoms with van der Waals surface area (Å²) >= 11 is 3.15. The van der Waals surface area contributed by atoms with Crippen molar-refractivity contribution in [3.63, 3.8) is 0 Å². The molecular formula is C12H7BrF4N2. The van der Waals surface area contributed by atoms with Gasteiger partial charge in [-0.25, -0.2) is 9.37 Å². The molecular weight excluding hydrogens is 328 g/mol. The van der Waals surface area contributed by atoms with Gasteiger partial charge in [-0.05, 0) is 39.7 Å². The summed E-state index contributed by atoms with van der Waals surface area (Å²) in [5.74, 6) is -1.07. The van der Waals surface area contributed by atoms with Gasteiger partial charge in [0.25, 0.3) is 0 Å². The SMILES string of the molecule is Nc1ncc(-c2ccc(C(F)(F)F)c(F)c2)cc1Br. The van der Waals surface area contributed by atoms with Gasteiger partial charge in [-0.15, -0.1) is 0 Å². The van der Waals surface area contributed by atoms with Crippen molar-refractivity contribution >= 4 is 21.7 Å². The van der Waals surface area contributed by atoms with Crippen molar-refractivity contribution in [3.05, 3.63) is 46.3 Å². The van der Waals surface area contributed by atoms with Gasteiger partial charge >= 0.3 is 6.18 Å².